The Morgan fingerprint density at radius 1 is 1.19 bits per heavy atom. The van der Waals surface area contributed by atoms with Gasteiger partial charge in [0.1, 0.15) is 6.04 Å². The van der Waals surface area contributed by atoms with Crippen molar-refractivity contribution in [3.63, 3.8) is 0 Å². The molecule has 176 valence electrons. The fourth-order valence-electron chi connectivity index (χ4n) is 3.35. The summed E-state index contributed by atoms with van der Waals surface area (Å²) in [6, 6.07) is 8.32. The van der Waals surface area contributed by atoms with E-state index in [2.05, 4.69) is 10.3 Å². The molecule has 31 heavy (non-hydrogen) atoms. The van der Waals surface area contributed by atoms with Crippen molar-refractivity contribution < 1.29 is 18.0 Å². The quantitative estimate of drug-likeness (QED) is 0.319. The molecule has 1 aromatic carbocycles. The molecule has 1 atom stereocenters. The van der Waals surface area contributed by atoms with Crippen LogP contribution in [0.4, 0.5) is 13.2 Å². The van der Waals surface area contributed by atoms with Crippen molar-refractivity contribution in [1.82, 2.24) is 20.0 Å². The van der Waals surface area contributed by atoms with E-state index in [4.69, 9.17) is 0 Å². The van der Waals surface area contributed by atoms with Gasteiger partial charge in [-0.25, -0.2) is 0 Å². The number of amides is 1. The first-order valence-corrected chi connectivity index (χ1v) is 10.3. The molecule has 0 aromatic heterocycles. The second kappa shape index (κ2) is 13.1. The minimum atomic E-state index is -4.22. The normalized spacial score (nSPS) is 16.5. The van der Waals surface area contributed by atoms with E-state index in [9.17, 15) is 18.0 Å². The Bertz CT molecular complexity index is 694. The third-order valence-corrected chi connectivity index (χ3v) is 5.25. The lowest BCUT2D eigenvalue weighted by Crippen LogP contribution is -2.56. The third-order valence-electron chi connectivity index (χ3n) is 5.25. The second-order valence-electron chi connectivity index (χ2n) is 7.46. The molecule has 0 spiro atoms. The number of piperazine rings is 1. The van der Waals surface area contributed by atoms with Crippen LogP contribution in [0.2, 0.25) is 0 Å². The summed E-state index contributed by atoms with van der Waals surface area (Å²) in [5, 5.41) is 3.18. The summed E-state index contributed by atoms with van der Waals surface area (Å²) >= 11 is 0. The summed E-state index contributed by atoms with van der Waals surface area (Å²) < 4.78 is 38.8. The summed E-state index contributed by atoms with van der Waals surface area (Å²) in [5.74, 6) is 0.651. The van der Waals surface area contributed by atoms with Crippen molar-refractivity contribution in [1.29, 1.82) is 0 Å². The fourth-order valence-corrected chi connectivity index (χ4v) is 3.35. The van der Waals surface area contributed by atoms with Crippen LogP contribution in [0.5, 0.6) is 0 Å². The van der Waals surface area contributed by atoms with Crippen LogP contribution < -0.4 is 5.32 Å². The minimum absolute atomic E-state index is 0. The Morgan fingerprint density at radius 3 is 2.35 bits per heavy atom. The van der Waals surface area contributed by atoms with Gasteiger partial charge in [-0.15, -0.1) is 24.0 Å². The zero-order valence-electron chi connectivity index (χ0n) is 18.4. The molecule has 6 nitrogen and oxygen atoms in total. The Kier molecular flexibility index (Phi) is 11.6. The average molecular weight is 555 g/mol. The van der Waals surface area contributed by atoms with Gasteiger partial charge in [-0.05, 0) is 19.4 Å². The molecule has 1 N–H and O–H groups in total. The summed E-state index contributed by atoms with van der Waals surface area (Å²) in [4.78, 5) is 22.0. The van der Waals surface area contributed by atoms with Gasteiger partial charge in [-0.2, -0.15) is 13.2 Å². The van der Waals surface area contributed by atoms with E-state index in [1.807, 2.05) is 42.2 Å². The van der Waals surface area contributed by atoms with Crippen LogP contribution in [0.25, 0.3) is 0 Å². The zero-order chi connectivity index (χ0) is 22.1. The van der Waals surface area contributed by atoms with Crippen molar-refractivity contribution >= 4 is 35.8 Å². The smallest absolute Gasteiger partial charge is 0.357 e. The van der Waals surface area contributed by atoms with Crippen molar-refractivity contribution in [2.75, 3.05) is 46.3 Å². The number of halogens is 4. The minimum Gasteiger partial charge on any atom is -0.357 e. The number of carbonyl (C=O) groups is 1. The molecule has 1 unspecified atom stereocenters. The second-order valence-corrected chi connectivity index (χ2v) is 7.46. The van der Waals surface area contributed by atoms with Crippen LogP contribution in [-0.2, 0) is 11.3 Å². The lowest BCUT2D eigenvalue weighted by Gasteiger charge is -2.39. The molecule has 2 rings (SSSR count). The average Bonchev–Trinajstić information content (AvgIpc) is 2.72. The number of nitrogens with one attached hydrogen (secondary N) is 1. The molecule has 0 bridgehead atoms. The highest BCUT2D eigenvalue weighted by Crippen LogP contribution is 2.25. The van der Waals surface area contributed by atoms with Gasteiger partial charge in [-0.1, -0.05) is 30.3 Å². The first-order valence-electron chi connectivity index (χ1n) is 10.3. The van der Waals surface area contributed by atoms with E-state index >= 15 is 0 Å². The Hall–Kier alpha value is -1.56. The van der Waals surface area contributed by atoms with E-state index in [1.54, 1.807) is 11.9 Å². The van der Waals surface area contributed by atoms with Gasteiger partial charge in [0.05, 0.1) is 6.54 Å². The van der Waals surface area contributed by atoms with Crippen molar-refractivity contribution in [3.8, 4) is 0 Å². The van der Waals surface area contributed by atoms with E-state index < -0.39 is 12.2 Å². The van der Waals surface area contributed by atoms with E-state index in [0.29, 0.717) is 51.8 Å². The van der Waals surface area contributed by atoms with E-state index in [0.717, 1.165) is 5.56 Å². The van der Waals surface area contributed by atoms with Crippen LogP contribution >= 0.6 is 24.0 Å². The monoisotopic (exact) mass is 555 g/mol. The van der Waals surface area contributed by atoms with E-state index in [-0.39, 0.29) is 36.3 Å². The molecule has 10 heteroatoms. The van der Waals surface area contributed by atoms with Gasteiger partial charge in [0, 0.05) is 52.7 Å². The van der Waals surface area contributed by atoms with E-state index in [1.165, 1.54) is 11.8 Å². The SMILES string of the molecule is CCNC(=NCCC(=O)N(C)Cc1ccccc1)N1CCN(C(C)C(F)(F)F)CC1.I. The van der Waals surface area contributed by atoms with Gasteiger partial charge >= 0.3 is 6.18 Å². The predicted molar refractivity (Wildman–Crippen MR) is 128 cm³/mol. The van der Waals surface area contributed by atoms with Gasteiger partial charge in [0.25, 0.3) is 0 Å². The number of benzene rings is 1. The molecule has 1 aliphatic heterocycles. The fraction of sp³-hybridized carbons (Fsp3) is 0.619. The molecule has 1 heterocycles. The molecule has 0 saturated carbocycles. The number of hydrogen-bond donors (Lipinski definition) is 1. The maximum absolute atomic E-state index is 12.9. The number of hydrogen-bond acceptors (Lipinski definition) is 3. The van der Waals surface area contributed by atoms with Crippen LogP contribution in [-0.4, -0.2) is 85.1 Å². The number of rotatable bonds is 7. The van der Waals surface area contributed by atoms with Crippen molar-refractivity contribution in [2.24, 2.45) is 4.99 Å². The van der Waals surface area contributed by atoms with Crippen LogP contribution in [0.3, 0.4) is 0 Å². The highest BCUT2D eigenvalue weighted by molar-refractivity contribution is 14.0. The molecule has 0 aliphatic carbocycles. The molecule has 1 aliphatic rings. The Balaban J connectivity index is 0.00000480. The summed E-state index contributed by atoms with van der Waals surface area (Å²) in [6.07, 6.45) is -3.93. The number of aliphatic imine (C=N–C) groups is 1. The molecule has 1 amide bonds. The first-order chi connectivity index (χ1) is 14.2. The highest BCUT2D eigenvalue weighted by Gasteiger charge is 2.41. The van der Waals surface area contributed by atoms with Crippen molar-refractivity contribution in [3.05, 3.63) is 35.9 Å². The lowest BCUT2D eigenvalue weighted by atomic mass is 10.2. The van der Waals surface area contributed by atoms with Gasteiger partial charge in [0.15, 0.2) is 5.96 Å². The lowest BCUT2D eigenvalue weighted by molar-refractivity contribution is -0.181. The zero-order valence-corrected chi connectivity index (χ0v) is 20.7. The molecular formula is C21H33F3IN5O. The predicted octanol–water partition coefficient (Wildman–Crippen LogP) is 3.19. The molecule has 1 aromatic rings. The van der Waals surface area contributed by atoms with Gasteiger partial charge < -0.3 is 15.1 Å². The Morgan fingerprint density at radius 2 is 1.81 bits per heavy atom. The molecule has 1 fully saturated rings. The number of alkyl halides is 3. The number of guanidine groups is 1. The molecule has 0 radical (unpaired) electrons. The van der Waals surface area contributed by atoms with Crippen molar-refractivity contribution in [2.45, 2.75) is 39.0 Å². The van der Waals surface area contributed by atoms with Crippen LogP contribution in [0.15, 0.2) is 35.3 Å². The first kappa shape index (κ1) is 27.5. The van der Waals surface area contributed by atoms with Gasteiger partial charge in [-0.3, -0.25) is 14.7 Å². The third kappa shape index (κ3) is 8.83. The summed E-state index contributed by atoms with van der Waals surface area (Å²) in [7, 11) is 1.77. The standard InChI is InChI=1S/C21H32F3N5O.HI/c1-4-25-20(29-14-12-28(13-15-29)17(2)21(22,23)24)26-11-10-19(30)27(3)16-18-8-6-5-7-9-18;/h5-9,17H,4,10-16H2,1-3H3,(H,25,26);1H. The van der Waals surface area contributed by atoms with Crippen LogP contribution in [0, 0.1) is 0 Å². The number of nitrogens with zero attached hydrogens (tertiary/aromatic N) is 4. The maximum atomic E-state index is 12.9. The maximum Gasteiger partial charge on any atom is 0.403 e. The van der Waals surface area contributed by atoms with Crippen LogP contribution in [0.1, 0.15) is 25.8 Å². The Labute approximate surface area is 199 Å². The van der Waals surface area contributed by atoms with Gasteiger partial charge in [0.2, 0.25) is 5.91 Å². The molecular weight excluding hydrogens is 522 g/mol. The highest BCUT2D eigenvalue weighted by atomic mass is 127. The molecule has 1 saturated heterocycles. The summed E-state index contributed by atoms with van der Waals surface area (Å²) in [5.41, 5.74) is 1.07. The number of carbonyl (C=O) groups excluding carboxylic acids is 1. The topological polar surface area (TPSA) is 51.2 Å². The summed E-state index contributed by atoms with van der Waals surface area (Å²) in [6.45, 7) is 6.25. The largest absolute Gasteiger partial charge is 0.403 e.